The third-order valence-corrected chi connectivity index (χ3v) is 4.93. The fourth-order valence-corrected chi connectivity index (χ4v) is 3.44. The van der Waals surface area contributed by atoms with Gasteiger partial charge >= 0.3 is 6.03 Å². The number of piperazine rings is 1. The van der Waals surface area contributed by atoms with Crippen molar-refractivity contribution in [2.24, 2.45) is 0 Å². The predicted molar refractivity (Wildman–Crippen MR) is 104 cm³/mol. The third kappa shape index (κ3) is 3.43. The van der Waals surface area contributed by atoms with Gasteiger partial charge in [-0.3, -0.25) is 4.79 Å². The lowest BCUT2D eigenvalue weighted by atomic mass is 10.2. The largest absolute Gasteiger partial charge is 0.451 e. The van der Waals surface area contributed by atoms with Crippen LogP contribution in [0.2, 0.25) is 0 Å². The Hall–Kier alpha value is -3.35. The number of halogens is 1. The van der Waals surface area contributed by atoms with Crippen molar-refractivity contribution in [1.29, 1.82) is 0 Å². The van der Waals surface area contributed by atoms with Crippen LogP contribution in [-0.4, -0.2) is 47.4 Å². The first-order valence-corrected chi connectivity index (χ1v) is 9.13. The maximum absolute atomic E-state index is 13.8. The van der Waals surface area contributed by atoms with Crippen molar-refractivity contribution >= 4 is 28.6 Å². The summed E-state index contributed by atoms with van der Waals surface area (Å²) in [6, 6.07) is 14.6. The summed E-state index contributed by atoms with van der Waals surface area (Å²) in [6.07, 6.45) is 0. The van der Waals surface area contributed by atoms with Gasteiger partial charge in [0.1, 0.15) is 11.4 Å². The van der Waals surface area contributed by atoms with Crippen LogP contribution in [0.4, 0.5) is 14.9 Å². The maximum Gasteiger partial charge on any atom is 0.322 e. The number of rotatable bonds is 2. The molecule has 0 saturated carbocycles. The van der Waals surface area contributed by atoms with Gasteiger partial charge in [0.25, 0.3) is 5.91 Å². The molecule has 7 heteroatoms. The number of furan rings is 1. The fourth-order valence-electron chi connectivity index (χ4n) is 3.44. The maximum atomic E-state index is 13.8. The van der Waals surface area contributed by atoms with E-state index >= 15 is 0 Å². The molecule has 1 aliphatic heterocycles. The standard InChI is InChI=1S/C21H20FN3O3/c1-14-13-24(20(26)19-12-15-6-2-5-9-18(15)28-19)10-11-25(14)21(27)23-17-8-4-3-7-16(17)22/h2-9,12,14H,10-11,13H2,1H3,(H,23,27). The first-order chi connectivity index (χ1) is 13.5. The monoisotopic (exact) mass is 381 g/mol. The number of carbonyl (C=O) groups excluding carboxylic acids is 2. The Morgan fingerprint density at radius 1 is 1.11 bits per heavy atom. The predicted octanol–water partition coefficient (Wildman–Crippen LogP) is 3.95. The van der Waals surface area contributed by atoms with Gasteiger partial charge in [-0.2, -0.15) is 0 Å². The first kappa shape index (κ1) is 18.0. The summed E-state index contributed by atoms with van der Waals surface area (Å²) < 4.78 is 19.4. The Kier molecular flexibility index (Phi) is 4.73. The van der Waals surface area contributed by atoms with Crippen molar-refractivity contribution in [2.45, 2.75) is 13.0 Å². The number of nitrogens with zero attached hydrogens (tertiary/aromatic N) is 2. The molecule has 144 valence electrons. The Labute approximate surface area is 161 Å². The Balaban J connectivity index is 1.42. The summed E-state index contributed by atoms with van der Waals surface area (Å²) in [4.78, 5) is 28.6. The molecule has 1 aliphatic rings. The topological polar surface area (TPSA) is 65.8 Å². The third-order valence-electron chi connectivity index (χ3n) is 4.93. The molecule has 1 aromatic heterocycles. The van der Waals surface area contributed by atoms with Crippen LogP contribution < -0.4 is 5.32 Å². The Morgan fingerprint density at radius 3 is 2.61 bits per heavy atom. The van der Waals surface area contributed by atoms with Crippen molar-refractivity contribution in [3.05, 3.63) is 66.2 Å². The molecule has 6 nitrogen and oxygen atoms in total. The summed E-state index contributed by atoms with van der Waals surface area (Å²) in [6.45, 7) is 2.97. The lowest BCUT2D eigenvalue weighted by Gasteiger charge is -2.39. The van der Waals surface area contributed by atoms with Crippen molar-refractivity contribution in [3.63, 3.8) is 0 Å². The highest BCUT2D eigenvalue weighted by Crippen LogP contribution is 2.22. The quantitative estimate of drug-likeness (QED) is 0.731. The van der Waals surface area contributed by atoms with E-state index in [1.807, 2.05) is 31.2 Å². The molecular weight excluding hydrogens is 361 g/mol. The van der Waals surface area contributed by atoms with Crippen LogP contribution in [-0.2, 0) is 0 Å². The van der Waals surface area contributed by atoms with E-state index in [0.29, 0.717) is 25.2 Å². The number of amides is 3. The average Bonchev–Trinajstić information content (AvgIpc) is 3.13. The van der Waals surface area contributed by atoms with Crippen LogP contribution in [0.3, 0.4) is 0 Å². The number of anilines is 1. The summed E-state index contributed by atoms with van der Waals surface area (Å²) in [7, 11) is 0. The second-order valence-electron chi connectivity index (χ2n) is 6.85. The highest BCUT2D eigenvalue weighted by atomic mass is 19.1. The smallest absolute Gasteiger partial charge is 0.322 e. The lowest BCUT2D eigenvalue weighted by Crippen LogP contribution is -2.56. The molecule has 2 heterocycles. The zero-order valence-electron chi connectivity index (χ0n) is 15.4. The molecule has 1 saturated heterocycles. The molecule has 3 aromatic rings. The van der Waals surface area contributed by atoms with E-state index in [2.05, 4.69) is 5.32 Å². The van der Waals surface area contributed by atoms with E-state index in [9.17, 15) is 14.0 Å². The van der Waals surface area contributed by atoms with Crippen LogP contribution in [0.5, 0.6) is 0 Å². The first-order valence-electron chi connectivity index (χ1n) is 9.13. The number of urea groups is 1. The highest BCUT2D eigenvalue weighted by Gasteiger charge is 2.31. The molecule has 0 aliphatic carbocycles. The average molecular weight is 381 g/mol. The molecule has 4 rings (SSSR count). The Bertz CT molecular complexity index is 999. The molecule has 1 unspecified atom stereocenters. The van der Waals surface area contributed by atoms with E-state index in [-0.39, 0.29) is 29.4 Å². The second kappa shape index (κ2) is 7.34. The highest BCUT2D eigenvalue weighted by molar-refractivity contribution is 5.96. The van der Waals surface area contributed by atoms with E-state index in [0.717, 1.165) is 5.39 Å². The van der Waals surface area contributed by atoms with E-state index in [1.54, 1.807) is 28.0 Å². The van der Waals surface area contributed by atoms with Gasteiger partial charge in [-0.1, -0.05) is 30.3 Å². The number of fused-ring (bicyclic) bond motifs is 1. The minimum atomic E-state index is -0.484. The number of hydrogen-bond acceptors (Lipinski definition) is 3. The number of nitrogens with one attached hydrogen (secondary N) is 1. The number of para-hydroxylation sites is 2. The van der Waals surface area contributed by atoms with Gasteiger partial charge in [0.15, 0.2) is 5.76 Å². The number of hydrogen-bond donors (Lipinski definition) is 1. The summed E-state index contributed by atoms with van der Waals surface area (Å²) in [5.41, 5.74) is 0.808. The van der Waals surface area contributed by atoms with Gasteiger partial charge < -0.3 is 19.5 Å². The molecule has 1 fully saturated rings. The van der Waals surface area contributed by atoms with E-state index < -0.39 is 5.82 Å². The van der Waals surface area contributed by atoms with Crippen molar-refractivity contribution < 1.29 is 18.4 Å². The molecule has 2 aromatic carbocycles. The molecule has 28 heavy (non-hydrogen) atoms. The number of carbonyl (C=O) groups is 2. The molecular formula is C21H20FN3O3. The molecule has 0 radical (unpaired) electrons. The van der Waals surface area contributed by atoms with E-state index in [1.165, 1.54) is 12.1 Å². The lowest BCUT2D eigenvalue weighted by molar-refractivity contribution is 0.0565. The van der Waals surface area contributed by atoms with Gasteiger partial charge in [-0.15, -0.1) is 0 Å². The minimum absolute atomic E-state index is 0.139. The second-order valence-corrected chi connectivity index (χ2v) is 6.85. The molecule has 0 bridgehead atoms. The fraction of sp³-hybridized carbons (Fsp3) is 0.238. The van der Waals surface area contributed by atoms with Crippen molar-refractivity contribution in [3.8, 4) is 0 Å². The molecule has 1 N–H and O–H groups in total. The summed E-state index contributed by atoms with van der Waals surface area (Å²) in [5.74, 6) is -0.392. The van der Waals surface area contributed by atoms with Crippen LogP contribution >= 0.6 is 0 Å². The van der Waals surface area contributed by atoms with Crippen molar-refractivity contribution in [1.82, 2.24) is 9.80 Å². The summed E-state index contributed by atoms with van der Waals surface area (Å²) in [5, 5.41) is 3.47. The summed E-state index contributed by atoms with van der Waals surface area (Å²) >= 11 is 0. The van der Waals surface area contributed by atoms with Crippen LogP contribution in [0.15, 0.2) is 59.0 Å². The molecule has 0 spiro atoms. The number of benzene rings is 2. The van der Waals surface area contributed by atoms with Crippen LogP contribution in [0.25, 0.3) is 11.0 Å². The van der Waals surface area contributed by atoms with Crippen LogP contribution in [0, 0.1) is 5.82 Å². The van der Waals surface area contributed by atoms with Crippen LogP contribution in [0.1, 0.15) is 17.5 Å². The van der Waals surface area contributed by atoms with E-state index in [4.69, 9.17) is 4.42 Å². The van der Waals surface area contributed by atoms with Gasteiger partial charge in [0.2, 0.25) is 0 Å². The molecule has 3 amide bonds. The van der Waals surface area contributed by atoms with Gasteiger partial charge in [-0.05, 0) is 31.2 Å². The Morgan fingerprint density at radius 2 is 1.86 bits per heavy atom. The zero-order valence-corrected chi connectivity index (χ0v) is 15.4. The SMILES string of the molecule is CC1CN(C(=O)c2cc3ccccc3o2)CCN1C(=O)Nc1ccccc1F. The minimum Gasteiger partial charge on any atom is -0.451 e. The zero-order chi connectivity index (χ0) is 19.7. The van der Waals surface area contributed by atoms with Crippen molar-refractivity contribution in [2.75, 3.05) is 25.0 Å². The van der Waals surface area contributed by atoms with Gasteiger partial charge in [0, 0.05) is 31.1 Å². The normalized spacial score (nSPS) is 17.0. The molecule has 1 atom stereocenters. The van der Waals surface area contributed by atoms with Gasteiger partial charge in [0.05, 0.1) is 5.69 Å². The van der Waals surface area contributed by atoms with Gasteiger partial charge in [-0.25, -0.2) is 9.18 Å².